The first kappa shape index (κ1) is 13.0. The van der Waals surface area contributed by atoms with Crippen LogP contribution in [0.4, 0.5) is 4.79 Å². The number of hydrogen-bond donors (Lipinski definition) is 3. The zero-order chi connectivity index (χ0) is 12.7. The van der Waals surface area contributed by atoms with E-state index in [1.165, 1.54) is 0 Å². The number of nitrogens with one attached hydrogen (secondary N) is 1. The Hall–Kier alpha value is -2.08. The molecule has 6 heteroatoms. The third-order valence-corrected chi connectivity index (χ3v) is 1.96. The number of carboxylic acid groups (broad SMARTS) is 1. The molecule has 0 aliphatic heterocycles. The lowest BCUT2D eigenvalue weighted by atomic mass is 10.2. The van der Waals surface area contributed by atoms with E-state index in [1.54, 1.807) is 30.3 Å². The van der Waals surface area contributed by atoms with Crippen LogP contribution in [-0.2, 0) is 4.79 Å². The Morgan fingerprint density at radius 3 is 2.47 bits per heavy atom. The lowest BCUT2D eigenvalue weighted by Crippen LogP contribution is -2.42. The Balaban J connectivity index is 2.51. The van der Waals surface area contributed by atoms with E-state index in [0.717, 1.165) is 0 Å². The molecule has 1 aromatic carbocycles. The van der Waals surface area contributed by atoms with Crippen molar-refractivity contribution in [1.82, 2.24) is 5.32 Å². The molecule has 0 bridgehead atoms. The molecule has 0 saturated carbocycles. The summed E-state index contributed by atoms with van der Waals surface area (Å²) in [5, 5.41) is 19.5. The van der Waals surface area contributed by atoms with Gasteiger partial charge in [0.05, 0.1) is 0 Å². The van der Waals surface area contributed by atoms with Crippen LogP contribution in [0.2, 0.25) is 0 Å². The lowest BCUT2D eigenvalue weighted by molar-refractivity contribution is -0.139. The number of aliphatic carboxylic acids is 1. The summed E-state index contributed by atoms with van der Waals surface area (Å²) in [4.78, 5) is 22.0. The monoisotopic (exact) mass is 239 g/mol. The molecule has 1 amide bonds. The minimum Gasteiger partial charge on any atom is -0.480 e. The highest BCUT2D eigenvalue weighted by Gasteiger charge is 2.20. The molecular formula is C11H13NO5. The molecule has 0 heterocycles. The van der Waals surface area contributed by atoms with Crippen molar-refractivity contribution in [2.45, 2.75) is 12.5 Å². The van der Waals surface area contributed by atoms with Crippen molar-refractivity contribution in [2.75, 3.05) is 6.61 Å². The van der Waals surface area contributed by atoms with Gasteiger partial charge in [-0.25, -0.2) is 9.59 Å². The number of aliphatic hydroxyl groups is 1. The van der Waals surface area contributed by atoms with Crippen molar-refractivity contribution in [3.8, 4) is 5.75 Å². The van der Waals surface area contributed by atoms with Crippen LogP contribution in [0.1, 0.15) is 6.42 Å². The summed E-state index contributed by atoms with van der Waals surface area (Å²) in [6, 6.07) is 7.12. The fourth-order valence-corrected chi connectivity index (χ4v) is 1.15. The average Bonchev–Trinajstić information content (AvgIpc) is 2.29. The number of hydrogen-bond acceptors (Lipinski definition) is 4. The molecule has 6 nitrogen and oxygen atoms in total. The van der Waals surface area contributed by atoms with Crippen molar-refractivity contribution in [3.63, 3.8) is 0 Å². The number of carbonyl (C=O) groups excluding carboxylic acids is 1. The van der Waals surface area contributed by atoms with Crippen molar-refractivity contribution in [2.24, 2.45) is 0 Å². The standard InChI is InChI=1S/C11H13NO5/c13-7-6-9(10(14)15)12-11(16)17-8-4-2-1-3-5-8/h1-5,9,13H,6-7H2,(H,12,16)(H,14,15). The summed E-state index contributed by atoms with van der Waals surface area (Å²) in [7, 11) is 0. The minimum absolute atomic E-state index is 0.0702. The van der Waals surface area contributed by atoms with E-state index < -0.39 is 18.1 Å². The summed E-state index contributed by atoms with van der Waals surface area (Å²) in [5.74, 6) is -0.901. The van der Waals surface area contributed by atoms with Crippen LogP contribution in [-0.4, -0.2) is 34.9 Å². The van der Waals surface area contributed by atoms with Gasteiger partial charge in [-0.1, -0.05) is 18.2 Å². The highest BCUT2D eigenvalue weighted by atomic mass is 16.6. The highest BCUT2D eigenvalue weighted by Crippen LogP contribution is 2.08. The molecule has 0 saturated heterocycles. The van der Waals surface area contributed by atoms with Crippen molar-refractivity contribution in [1.29, 1.82) is 0 Å². The molecular weight excluding hydrogens is 226 g/mol. The molecule has 0 radical (unpaired) electrons. The second kappa shape index (κ2) is 6.49. The topological polar surface area (TPSA) is 95.9 Å². The third-order valence-electron chi connectivity index (χ3n) is 1.96. The van der Waals surface area contributed by atoms with Crippen molar-refractivity contribution in [3.05, 3.63) is 30.3 Å². The van der Waals surface area contributed by atoms with Crippen LogP contribution in [0, 0.1) is 0 Å². The molecule has 3 N–H and O–H groups in total. The van der Waals surface area contributed by atoms with E-state index in [2.05, 4.69) is 5.32 Å². The number of aliphatic hydroxyl groups excluding tert-OH is 1. The molecule has 0 aliphatic rings. The van der Waals surface area contributed by atoms with Gasteiger partial charge in [0.1, 0.15) is 11.8 Å². The van der Waals surface area contributed by atoms with Crippen molar-refractivity contribution < 1.29 is 24.5 Å². The van der Waals surface area contributed by atoms with Gasteiger partial charge in [-0.2, -0.15) is 0 Å². The van der Waals surface area contributed by atoms with Gasteiger partial charge in [-0.3, -0.25) is 0 Å². The van der Waals surface area contributed by atoms with Gasteiger partial charge < -0.3 is 20.3 Å². The third kappa shape index (κ3) is 4.52. The fraction of sp³-hybridized carbons (Fsp3) is 0.273. The summed E-state index contributed by atoms with van der Waals surface area (Å²) >= 11 is 0. The molecule has 1 unspecified atom stereocenters. The van der Waals surface area contributed by atoms with Gasteiger partial charge in [0.25, 0.3) is 0 Å². The van der Waals surface area contributed by atoms with Crippen LogP contribution in [0.15, 0.2) is 30.3 Å². The lowest BCUT2D eigenvalue weighted by Gasteiger charge is -2.12. The molecule has 0 spiro atoms. The van der Waals surface area contributed by atoms with Gasteiger partial charge in [-0.05, 0) is 12.1 Å². The Bertz CT molecular complexity index is 379. The zero-order valence-electron chi connectivity index (χ0n) is 9.00. The largest absolute Gasteiger partial charge is 0.480 e. The van der Waals surface area contributed by atoms with Gasteiger partial charge in [0.2, 0.25) is 0 Å². The molecule has 17 heavy (non-hydrogen) atoms. The molecule has 1 rings (SSSR count). The molecule has 1 aromatic rings. The number of carboxylic acids is 1. The highest BCUT2D eigenvalue weighted by molar-refractivity contribution is 5.80. The molecule has 0 aliphatic carbocycles. The number of para-hydroxylation sites is 1. The van der Waals surface area contributed by atoms with E-state index in [4.69, 9.17) is 14.9 Å². The van der Waals surface area contributed by atoms with E-state index in [0.29, 0.717) is 5.75 Å². The number of ether oxygens (including phenoxy) is 1. The van der Waals surface area contributed by atoms with Crippen molar-refractivity contribution >= 4 is 12.1 Å². The normalized spacial score (nSPS) is 11.6. The second-order valence-electron chi connectivity index (χ2n) is 3.25. The quantitative estimate of drug-likeness (QED) is 0.699. The number of carbonyl (C=O) groups is 2. The smallest absolute Gasteiger partial charge is 0.413 e. The Kier molecular flexibility index (Phi) is 4.96. The van der Waals surface area contributed by atoms with Crippen LogP contribution < -0.4 is 10.1 Å². The predicted octanol–water partition coefficient (Wildman–Crippen LogP) is 0.611. The Morgan fingerprint density at radius 2 is 1.94 bits per heavy atom. The summed E-state index contributed by atoms with van der Waals surface area (Å²) in [6.07, 6.45) is -0.934. The first-order chi connectivity index (χ1) is 8.13. The summed E-state index contributed by atoms with van der Waals surface area (Å²) < 4.78 is 4.85. The summed E-state index contributed by atoms with van der Waals surface area (Å²) in [6.45, 7) is -0.331. The first-order valence-electron chi connectivity index (χ1n) is 5.00. The Labute approximate surface area is 97.8 Å². The van der Waals surface area contributed by atoms with Crippen LogP contribution in [0.3, 0.4) is 0 Å². The maximum Gasteiger partial charge on any atom is 0.413 e. The van der Waals surface area contributed by atoms with E-state index in [-0.39, 0.29) is 13.0 Å². The van der Waals surface area contributed by atoms with Crippen LogP contribution >= 0.6 is 0 Å². The molecule has 0 fully saturated rings. The van der Waals surface area contributed by atoms with E-state index >= 15 is 0 Å². The van der Waals surface area contributed by atoms with Crippen LogP contribution in [0.5, 0.6) is 5.75 Å². The number of benzene rings is 1. The van der Waals surface area contributed by atoms with E-state index in [1.807, 2.05) is 0 Å². The minimum atomic E-state index is -1.22. The van der Waals surface area contributed by atoms with Gasteiger partial charge >= 0.3 is 12.1 Å². The van der Waals surface area contributed by atoms with Gasteiger partial charge in [-0.15, -0.1) is 0 Å². The fourth-order valence-electron chi connectivity index (χ4n) is 1.15. The second-order valence-corrected chi connectivity index (χ2v) is 3.25. The number of amides is 1. The summed E-state index contributed by atoms with van der Waals surface area (Å²) in [5.41, 5.74) is 0. The van der Waals surface area contributed by atoms with Gasteiger partial charge in [0.15, 0.2) is 0 Å². The predicted molar refractivity (Wildman–Crippen MR) is 58.7 cm³/mol. The van der Waals surface area contributed by atoms with E-state index in [9.17, 15) is 9.59 Å². The molecule has 0 aromatic heterocycles. The Morgan fingerprint density at radius 1 is 1.29 bits per heavy atom. The first-order valence-corrected chi connectivity index (χ1v) is 5.00. The van der Waals surface area contributed by atoms with Gasteiger partial charge in [0, 0.05) is 13.0 Å². The molecule has 92 valence electrons. The molecule has 1 atom stereocenters. The SMILES string of the molecule is O=C(NC(CCO)C(=O)O)Oc1ccccc1. The zero-order valence-corrected chi connectivity index (χ0v) is 9.00. The van der Waals surface area contributed by atoms with Crippen LogP contribution in [0.25, 0.3) is 0 Å². The maximum absolute atomic E-state index is 11.3. The maximum atomic E-state index is 11.3. The number of rotatable bonds is 5. The average molecular weight is 239 g/mol.